The molecular weight excluding hydrogens is 490 g/mol. The van der Waals surface area contributed by atoms with Crippen molar-refractivity contribution in [2.24, 2.45) is 0 Å². The Balaban J connectivity index is 1.20. The van der Waals surface area contributed by atoms with Crippen molar-refractivity contribution < 1.29 is 14.3 Å². The number of hydrogen-bond donors (Lipinski definition) is 3. The largest absolute Gasteiger partial charge is 0.475 e. The Hall–Kier alpha value is -4.39. The van der Waals surface area contributed by atoms with E-state index >= 15 is 0 Å². The Bertz CT molecular complexity index is 1630. The molecule has 196 valence electrons. The third-order valence-electron chi connectivity index (χ3n) is 7.69. The molecule has 0 aromatic carbocycles. The summed E-state index contributed by atoms with van der Waals surface area (Å²) < 4.78 is 16.1. The average Bonchev–Trinajstić information content (AvgIpc) is 3.21. The summed E-state index contributed by atoms with van der Waals surface area (Å²) in [5, 5.41) is 18.2. The fraction of sp³-hybridized carbons (Fsp3) is 0.400. The molecule has 1 aliphatic heterocycles. The maximum atomic E-state index is 13.4. The van der Waals surface area contributed by atoms with Gasteiger partial charge in [0.15, 0.2) is 11.5 Å². The first kappa shape index (κ1) is 22.8. The number of anilines is 3. The minimum Gasteiger partial charge on any atom is -0.475 e. The van der Waals surface area contributed by atoms with E-state index in [1.165, 1.54) is 10.8 Å². The maximum absolute atomic E-state index is 13.4. The molecule has 2 saturated carbocycles. The molecule has 0 saturated heterocycles. The molecule has 0 radical (unpaired) electrons. The maximum Gasteiger partial charge on any atom is 0.280 e. The monoisotopic (exact) mass is 517 g/mol. The quantitative estimate of drug-likeness (QED) is 0.334. The topological polar surface area (TPSA) is 142 Å². The lowest BCUT2D eigenvalue weighted by Crippen LogP contribution is -2.51. The van der Waals surface area contributed by atoms with Gasteiger partial charge in [-0.3, -0.25) is 14.2 Å². The second-order valence-electron chi connectivity index (χ2n) is 9.99. The van der Waals surface area contributed by atoms with Crippen molar-refractivity contribution in [3.63, 3.8) is 0 Å². The van der Waals surface area contributed by atoms with Gasteiger partial charge in [0.2, 0.25) is 5.88 Å². The zero-order valence-corrected chi connectivity index (χ0v) is 21.0. The number of nitrogens with zero attached hydrogens (tertiary/aromatic N) is 6. The van der Waals surface area contributed by atoms with Gasteiger partial charge in [-0.05, 0) is 37.8 Å². The lowest BCUT2D eigenvalue weighted by molar-refractivity contribution is 0.00732. The third kappa shape index (κ3) is 3.45. The molecule has 0 bridgehead atoms. The molecule has 4 aromatic rings. The zero-order chi connectivity index (χ0) is 26.0. The summed E-state index contributed by atoms with van der Waals surface area (Å²) in [4.78, 5) is 31.1. The summed E-state index contributed by atoms with van der Waals surface area (Å²) >= 11 is 0. The van der Waals surface area contributed by atoms with Crippen molar-refractivity contribution in [2.45, 2.75) is 43.4 Å². The predicted octanol–water partition coefficient (Wildman–Crippen LogP) is 1.65. The van der Waals surface area contributed by atoms with E-state index in [-0.39, 0.29) is 29.2 Å². The van der Waals surface area contributed by atoms with Crippen LogP contribution in [0.25, 0.3) is 11.5 Å². The first-order chi connectivity index (χ1) is 18.5. The van der Waals surface area contributed by atoms with Gasteiger partial charge in [0.25, 0.3) is 11.5 Å². The van der Waals surface area contributed by atoms with Crippen molar-refractivity contribution in [3.8, 4) is 11.7 Å². The van der Waals surface area contributed by atoms with Crippen LogP contribution in [0.5, 0.6) is 5.88 Å². The predicted molar refractivity (Wildman–Crippen MR) is 138 cm³/mol. The van der Waals surface area contributed by atoms with E-state index < -0.39 is 0 Å². The summed E-state index contributed by atoms with van der Waals surface area (Å²) in [6.07, 6.45) is 7.01. The van der Waals surface area contributed by atoms with Crippen LogP contribution in [-0.4, -0.2) is 67.8 Å². The van der Waals surface area contributed by atoms with Crippen LogP contribution in [0.15, 0.2) is 41.5 Å². The van der Waals surface area contributed by atoms with Gasteiger partial charge in [-0.2, -0.15) is 14.7 Å². The molecule has 1 amide bonds. The van der Waals surface area contributed by atoms with Crippen molar-refractivity contribution >= 4 is 28.9 Å². The number of nitrogens with one attached hydrogen (secondary N) is 3. The summed E-state index contributed by atoms with van der Waals surface area (Å²) in [6.45, 7) is 0.635. The van der Waals surface area contributed by atoms with Gasteiger partial charge in [-0.15, -0.1) is 0 Å². The van der Waals surface area contributed by atoms with E-state index in [0.717, 1.165) is 25.7 Å². The van der Waals surface area contributed by atoms with Gasteiger partial charge < -0.3 is 25.4 Å². The van der Waals surface area contributed by atoms with Gasteiger partial charge in [0.1, 0.15) is 35.0 Å². The highest BCUT2D eigenvalue weighted by atomic mass is 16.5. The highest BCUT2D eigenvalue weighted by Gasteiger charge is 2.52. The minimum absolute atomic E-state index is 0.0111. The van der Waals surface area contributed by atoms with Gasteiger partial charge in [-0.25, -0.2) is 9.67 Å². The Kier molecular flexibility index (Phi) is 4.98. The zero-order valence-electron chi connectivity index (χ0n) is 21.0. The van der Waals surface area contributed by atoms with Crippen LogP contribution >= 0.6 is 0 Å². The van der Waals surface area contributed by atoms with E-state index in [0.29, 0.717) is 46.8 Å². The number of rotatable bonds is 7. The summed E-state index contributed by atoms with van der Waals surface area (Å²) in [7, 11) is 3.39. The van der Waals surface area contributed by atoms with Crippen LogP contribution < -0.4 is 26.2 Å². The number of ether oxygens (including phenoxy) is 2. The SMILES string of the molecule is CNc1cc(Nc2cccn(-c3cc4n(n3)C3(CC3)CO4)c2=O)nc2c(C(=O)N[C@@H]3CC[C@H]3OC)cnn12. The third-order valence-corrected chi connectivity index (χ3v) is 7.69. The number of aromatic nitrogens is 6. The molecule has 2 fully saturated rings. The summed E-state index contributed by atoms with van der Waals surface area (Å²) in [5.74, 6) is 1.89. The van der Waals surface area contributed by atoms with Gasteiger partial charge in [0.05, 0.1) is 18.3 Å². The van der Waals surface area contributed by atoms with Crippen molar-refractivity contribution in [3.05, 3.63) is 52.6 Å². The number of carbonyl (C=O) groups is 1. The Morgan fingerprint density at radius 2 is 2.13 bits per heavy atom. The number of amides is 1. The van der Waals surface area contributed by atoms with E-state index in [9.17, 15) is 9.59 Å². The van der Waals surface area contributed by atoms with Crippen molar-refractivity contribution in [1.29, 1.82) is 0 Å². The summed E-state index contributed by atoms with van der Waals surface area (Å²) in [5.41, 5.74) is 0.667. The normalized spacial score (nSPS) is 20.6. The smallest absolute Gasteiger partial charge is 0.280 e. The molecule has 13 nitrogen and oxygen atoms in total. The summed E-state index contributed by atoms with van der Waals surface area (Å²) in [6, 6.07) is 6.91. The minimum atomic E-state index is -0.288. The molecule has 2 atom stereocenters. The van der Waals surface area contributed by atoms with Crippen LogP contribution in [0.4, 0.5) is 17.3 Å². The molecule has 1 spiro atoms. The van der Waals surface area contributed by atoms with E-state index in [2.05, 4.69) is 31.1 Å². The Morgan fingerprint density at radius 3 is 2.87 bits per heavy atom. The van der Waals surface area contributed by atoms with Gasteiger partial charge in [-0.1, -0.05) is 0 Å². The van der Waals surface area contributed by atoms with Crippen LogP contribution in [0, 0.1) is 0 Å². The van der Waals surface area contributed by atoms with E-state index in [1.54, 1.807) is 49.1 Å². The van der Waals surface area contributed by atoms with E-state index in [1.807, 2.05) is 4.68 Å². The standard InChI is InChI=1S/C25H27N9O4/c1-26-19-10-18(30-22-14(12-27-33(19)22)23(35)29-15-5-6-17(15)37-2)28-16-4-3-9-32(24(16)36)20-11-21-34(31-20)25(7-8-25)13-38-21/h3-4,9-12,15,17,26H,5-8,13H2,1-2H3,(H,28,30)(H,29,35)/t15-,17-/m1/s1. The lowest BCUT2D eigenvalue weighted by atomic mass is 9.89. The number of fused-ring (bicyclic) bond motifs is 3. The molecule has 0 unspecified atom stereocenters. The molecule has 3 N–H and O–H groups in total. The van der Waals surface area contributed by atoms with Crippen LogP contribution in [0.2, 0.25) is 0 Å². The highest BCUT2D eigenvalue weighted by molar-refractivity contribution is 6.00. The fourth-order valence-electron chi connectivity index (χ4n) is 5.12. The lowest BCUT2D eigenvalue weighted by Gasteiger charge is -2.35. The number of methoxy groups -OCH3 is 1. The number of pyridine rings is 1. The van der Waals surface area contributed by atoms with E-state index in [4.69, 9.17) is 9.47 Å². The fourth-order valence-corrected chi connectivity index (χ4v) is 5.12. The molecule has 7 rings (SSSR count). The Labute approximate surface area is 216 Å². The molecular formula is C25H27N9O4. The van der Waals surface area contributed by atoms with Gasteiger partial charge >= 0.3 is 0 Å². The van der Waals surface area contributed by atoms with Crippen molar-refractivity contribution in [2.75, 3.05) is 31.4 Å². The second kappa shape index (κ2) is 8.31. The molecule has 2 aliphatic carbocycles. The van der Waals surface area contributed by atoms with Crippen LogP contribution in [-0.2, 0) is 10.3 Å². The molecule has 3 aliphatic rings. The number of hydrogen-bond acceptors (Lipinski definition) is 9. The second-order valence-corrected chi connectivity index (χ2v) is 9.99. The molecule has 38 heavy (non-hydrogen) atoms. The first-order valence-electron chi connectivity index (χ1n) is 12.6. The highest BCUT2D eigenvalue weighted by Crippen LogP contribution is 2.49. The van der Waals surface area contributed by atoms with Crippen molar-refractivity contribution in [1.82, 2.24) is 34.3 Å². The van der Waals surface area contributed by atoms with Gasteiger partial charge in [0, 0.05) is 32.5 Å². The van der Waals surface area contributed by atoms with Crippen LogP contribution in [0.1, 0.15) is 36.0 Å². The first-order valence-corrected chi connectivity index (χ1v) is 12.6. The average molecular weight is 518 g/mol. The molecule has 5 heterocycles. The van der Waals surface area contributed by atoms with Crippen LogP contribution in [0.3, 0.4) is 0 Å². The Morgan fingerprint density at radius 1 is 1.26 bits per heavy atom. The molecule has 4 aromatic heterocycles. The number of carbonyl (C=O) groups excluding carboxylic acids is 1. The molecule has 13 heteroatoms.